The summed E-state index contributed by atoms with van der Waals surface area (Å²) in [5.41, 5.74) is 6.80. The molecule has 112 valence electrons. The number of nitrogens with zero attached hydrogens (tertiary/aromatic N) is 1. The molecule has 2 N–H and O–H groups in total. The van der Waals surface area contributed by atoms with Crippen LogP contribution in [-0.2, 0) is 13.1 Å². The van der Waals surface area contributed by atoms with Gasteiger partial charge in [0, 0.05) is 19.6 Å². The Morgan fingerprint density at radius 3 is 2.55 bits per heavy atom. The maximum atomic E-state index is 13.4. The summed E-state index contributed by atoms with van der Waals surface area (Å²) in [5, 5.41) is 0. The van der Waals surface area contributed by atoms with Crippen molar-refractivity contribution in [2.75, 3.05) is 13.1 Å². The van der Waals surface area contributed by atoms with Crippen molar-refractivity contribution in [3.05, 3.63) is 35.1 Å². The van der Waals surface area contributed by atoms with E-state index >= 15 is 0 Å². The summed E-state index contributed by atoms with van der Waals surface area (Å²) in [6.45, 7) is 1.15. The van der Waals surface area contributed by atoms with Crippen LogP contribution in [0.25, 0.3) is 0 Å². The fraction of sp³-hybridized carbons (Fsp3) is 0.571. The van der Waals surface area contributed by atoms with E-state index < -0.39 is 17.9 Å². The minimum Gasteiger partial charge on any atom is -0.326 e. The van der Waals surface area contributed by atoms with Gasteiger partial charge in [-0.05, 0) is 42.6 Å². The van der Waals surface area contributed by atoms with E-state index in [1.165, 1.54) is 12.1 Å². The first-order valence-electron chi connectivity index (χ1n) is 6.66. The van der Waals surface area contributed by atoms with Crippen LogP contribution in [0.5, 0.6) is 0 Å². The minimum atomic E-state index is -4.15. The maximum Gasteiger partial charge on any atom is 0.393 e. The molecule has 20 heavy (non-hydrogen) atoms. The average molecular weight is 290 g/mol. The van der Waals surface area contributed by atoms with E-state index in [1.54, 1.807) is 11.0 Å². The highest BCUT2D eigenvalue weighted by Gasteiger charge is 2.41. The van der Waals surface area contributed by atoms with Gasteiger partial charge in [0.2, 0.25) is 0 Å². The molecule has 1 aliphatic heterocycles. The van der Waals surface area contributed by atoms with E-state index in [4.69, 9.17) is 5.73 Å². The molecule has 0 bridgehead atoms. The summed E-state index contributed by atoms with van der Waals surface area (Å²) < 4.78 is 51.6. The standard InChI is InChI=1S/C14H18F4N2/c15-13-5-10(7-19)4-11(6-13)8-20-3-1-2-12(9-20)14(16,17)18/h4-6,12H,1-3,7-9,19H2. The number of likely N-dealkylation sites (tertiary alicyclic amines) is 1. The Hall–Kier alpha value is -1.14. The monoisotopic (exact) mass is 290 g/mol. The van der Waals surface area contributed by atoms with Crippen LogP contribution in [0.1, 0.15) is 24.0 Å². The van der Waals surface area contributed by atoms with Gasteiger partial charge in [-0.25, -0.2) is 4.39 Å². The Kier molecular flexibility index (Phi) is 4.65. The Morgan fingerprint density at radius 2 is 1.90 bits per heavy atom. The molecule has 0 spiro atoms. The molecule has 1 aromatic carbocycles. The fourth-order valence-corrected chi connectivity index (χ4v) is 2.65. The second kappa shape index (κ2) is 6.10. The lowest BCUT2D eigenvalue weighted by molar-refractivity contribution is -0.187. The zero-order valence-electron chi connectivity index (χ0n) is 11.1. The van der Waals surface area contributed by atoms with E-state index in [0.717, 1.165) is 0 Å². The third-order valence-corrected chi connectivity index (χ3v) is 3.63. The van der Waals surface area contributed by atoms with Crippen LogP contribution in [0.2, 0.25) is 0 Å². The zero-order chi connectivity index (χ0) is 14.8. The van der Waals surface area contributed by atoms with Crippen molar-refractivity contribution in [1.82, 2.24) is 4.90 Å². The SMILES string of the molecule is NCc1cc(F)cc(CN2CCCC(C(F)(F)F)C2)c1. The van der Waals surface area contributed by atoms with Gasteiger partial charge in [0.25, 0.3) is 0 Å². The molecule has 1 unspecified atom stereocenters. The van der Waals surface area contributed by atoms with Gasteiger partial charge < -0.3 is 5.73 Å². The molecule has 0 aromatic heterocycles. The smallest absolute Gasteiger partial charge is 0.326 e. The van der Waals surface area contributed by atoms with Gasteiger partial charge in [-0.2, -0.15) is 13.2 Å². The van der Waals surface area contributed by atoms with Gasteiger partial charge in [0.15, 0.2) is 0 Å². The molecule has 0 amide bonds. The van der Waals surface area contributed by atoms with Crippen LogP contribution >= 0.6 is 0 Å². The van der Waals surface area contributed by atoms with E-state index in [1.807, 2.05) is 0 Å². The first-order chi connectivity index (χ1) is 9.38. The number of halogens is 4. The predicted octanol–water partition coefficient (Wildman–Crippen LogP) is 3.06. The number of hydrogen-bond acceptors (Lipinski definition) is 2. The number of benzene rings is 1. The van der Waals surface area contributed by atoms with Crippen molar-refractivity contribution in [3.8, 4) is 0 Å². The van der Waals surface area contributed by atoms with E-state index in [2.05, 4.69) is 0 Å². The molecular formula is C14H18F4N2. The van der Waals surface area contributed by atoms with Crippen LogP contribution in [0.15, 0.2) is 18.2 Å². The van der Waals surface area contributed by atoms with Gasteiger partial charge in [0.1, 0.15) is 5.82 Å². The number of hydrogen-bond donors (Lipinski definition) is 1. The highest BCUT2D eigenvalue weighted by molar-refractivity contribution is 5.24. The lowest BCUT2D eigenvalue weighted by Crippen LogP contribution is -2.41. The van der Waals surface area contributed by atoms with Crippen molar-refractivity contribution in [3.63, 3.8) is 0 Å². The van der Waals surface area contributed by atoms with E-state index in [0.29, 0.717) is 30.6 Å². The number of rotatable bonds is 3. The van der Waals surface area contributed by atoms with Crippen LogP contribution in [0.3, 0.4) is 0 Å². The largest absolute Gasteiger partial charge is 0.393 e. The molecule has 1 aliphatic rings. The molecule has 2 rings (SSSR count). The van der Waals surface area contributed by atoms with Gasteiger partial charge in [-0.1, -0.05) is 6.07 Å². The number of nitrogens with two attached hydrogens (primary N) is 1. The van der Waals surface area contributed by atoms with Crippen LogP contribution in [-0.4, -0.2) is 24.2 Å². The summed E-state index contributed by atoms with van der Waals surface area (Å²) in [7, 11) is 0. The molecule has 1 heterocycles. The molecule has 1 fully saturated rings. The molecule has 6 heteroatoms. The number of piperidine rings is 1. The maximum absolute atomic E-state index is 13.4. The molecule has 1 saturated heterocycles. The van der Waals surface area contributed by atoms with Crippen molar-refractivity contribution in [1.29, 1.82) is 0 Å². The molecule has 1 aromatic rings. The Morgan fingerprint density at radius 1 is 1.20 bits per heavy atom. The quantitative estimate of drug-likeness (QED) is 0.867. The Balaban J connectivity index is 2.04. The van der Waals surface area contributed by atoms with Crippen molar-refractivity contribution in [2.24, 2.45) is 11.7 Å². The van der Waals surface area contributed by atoms with Crippen LogP contribution < -0.4 is 5.73 Å². The Labute approximate surface area is 115 Å². The normalized spacial score (nSPS) is 21.1. The fourth-order valence-electron chi connectivity index (χ4n) is 2.65. The topological polar surface area (TPSA) is 29.3 Å². The van der Waals surface area contributed by atoms with E-state index in [9.17, 15) is 17.6 Å². The molecular weight excluding hydrogens is 272 g/mol. The summed E-state index contributed by atoms with van der Waals surface area (Å²) >= 11 is 0. The lowest BCUT2D eigenvalue weighted by atomic mass is 9.97. The predicted molar refractivity (Wildman–Crippen MR) is 68.3 cm³/mol. The van der Waals surface area contributed by atoms with E-state index in [-0.39, 0.29) is 19.5 Å². The molecule has 1 atom stereocenters. The summed E-state index contributed by atoms with van der Waals surface area (Å²) in [4.78, 5) is 1.73. The molecule has 2 nitrogen and oxygen atoms in total. The second-order valence-corrected chi connectivity index (χ2v) is 5.29. The highest BCUT2D eigenvalue weighted by atomic mass is 19.4. The Bertz CT molecular complexity index is 459. The zero-order valence-corrected chi connectivity index (χ0v) is 11.1. The average Bonchev–Trinajstić information content (AvgIpc) is 2.37. The van der Waals surface area contributed by atoms with Crippen molar-refractivity contribution in [2.45, 2.75) is 32.1 Å². The second-order valence-electron chi connectivity index (χ2n) is 5.29. The highest BCUT2D eigenvalue weighted by Crippen LogP contribution is 2.33. The lowest BCUT2D eigenvalue weighted by Gasteiger charge is -2.33. The first-order valence-corrected chi connectivity index (χ1v) is 6.66. The van der Waals surface area contributed by atoms with Gasteiger partial charge in [-0.15, -0.1) is 0 Å². The molecule has 0 saturated carbocycles. The summed E-state index contributed by atoms with van der Waals surface area (Å²) in [5.74, 6) is -1.67. The van der Waals surface area contributed by atoms with Crippen molar-refractivity contribution < 1.29 is 17.6 Å². The summed E-state index contributed by atoms with van der Waals surface area (Å²) in [6, 6.07) is 4.45. The third kappa shape index (κ3) is 3.93. The minimum absolute atomic E-state index is 0.0159. The van der Waals surface area contributed by atoms with Crippen LogP contribution in [0, 0.1) is 11.7 Å². The first kappa shape index (κ1) is 15.3. The van der Waals surface area contributed by atoms with Gasteiger partial charge in [0.05, 0.1) is 5.92 Å². The van der Waals surface area contributed by atoms with Crippen molar-refractivity contribution >= 4 is 0 Å². The third-order valence-electron chi connectivity index (χ3n) is 3.63. The van der Waals surface area contributed by atoms with Gasteiger partial charge in [-0.3, -0.25) is 4.90 Å². The summed E-state index contributed by atoms with van der Waals surface area (Å²) in [6.07, 6.45) is -3.45. The molecule has 0 radical (unpaired) electrons. The van der Waals surface area contributed by atoms with Gasteiger partial charge >= 0.3 is 6.18 Å². The molecule has 0 aliphatic carbocycles. The number of alkyl halides is 3. The van der Waals surface area contributed by atoms with Crippen LogP contribution in [0.4, 0.5) is 17.6 Å².